The number of hydrogen-bond donors (Lipinski definition) is 1. The number of Topliss-reactive ketones (excluding diaryl/α,β-unsaturated/α-hetero) is 1. The predicted octanol–water partition coefficient (Wildman–Crippen LogP) is 0.723. The molecule has 1 saturated heterocycles. The maximum absolute atomic E-state index is 11.4. The molecule has 3 rings (SSSR count). The van der Waals surface area contributed by atoms with Gasteiger partial charge in [-0.1, -0.05) is 5.21 Å². The summed E-state index contributed by atoms with van der Waals surface area (Å²) in [5, 5.41) is 11.1. The van der Waals surface area contributed by atoms with E-state index in [1.807, 2.05) is 18.3 Å². The number of rotatable bonds is 1. The zero-order valence-corrected chi connectivity index (χ0v) is 8.76. The van der Waals surface area contributed by atoms with E-state index in [0.717, 1.165) is 17.6 Å². The van der Waals surface area contributed by atoms with Gasteiger partial charge in [0, 0.05) is 31.6 Å². The van der Waals surface area contributed by atoms with Gasteiger partial charge in [-0.05, 0) is 17.7 Å². The normalized spacial score (nSPS) is 21.5. The third-order valence-electron chi connectivity index (χ3n) is 2.95. The molecular formula is C11H12N4O. The van der Waals surface area contributed by atoms with Gasteiger partial charge in [-0.3, -0.25) is 4.79 Å². The number of nitrogens with zero attached hydrogens (tertiary/aromatic N) is 3. The zero-order chi connectivity index (χ0) is 11.0. The lowest BCUT2D eigenvalue weighted by Crippen LogP contribution is -2.31. The van der Waals surface area contributed by atoms with Crippen molar-refractivity contribution in [2.24, 2.45) is 0 Å². The number of fused-ring (bicyclic) bond motifs is 1. The Morgan fingerprint density at radius 2 is 2.44 bits per heavy atom. The first-order valence-corrected chi connectivity index (χ1v) is 5.38. The highest BCUT2D eigenvalue weighted by Gasteiger charge is 2.20. The molecule has 5 heteroatoms. The Labute approximate surface area is 92.5 Å². The second kappa shape index (κ2) is 3.68. The van der Waals surface area contributed by atoms with Crippen LogP contribution in [0.5, 0.6) is 0 Å². The van der Waals surface area contributed by atoms with Crippen molar-refractivity contribution in [3.05, 3.63) is 30.1 Å². The van der Waals surface area contributed by atoms with Crippen molar-refractivity contribution in [1.82, 2.24) is 20.1 Å². The Kier molecular flexibility index (Phi) is 2.18. The minimum atomic E-state index is 0.140. The average Bonchev–Trinajstić information content (AvgIpc) is 2.75. The Morgan fingerprint density at radius 3 is 3.31 bits per heavy atom. The standard InChI is InChI=1S/C11H12N4O/c16-10-1-3-12-11(6-10)8-2-4-15-9(5-8)7-13-14-15/h2,4-5,7,11-12H,1,3,6H2. The first-order valence-electron chi connectivity index (χ1n) is 5.38. The molecule has 0 saturated carbocycles. The van der Waals surface area contributed by atoms with E-state index in [0.29, 0.717) is 18.6 Å². The first kappa shape index (κ1) is 9.47. The summed E-state index contributed by atoms with van der Waals surface area (Å²) in [7, 11) is 0. The van der Waals surface area contributed by atoms with Crippen LogP contribution in [-0.2, 0) is 4.79 Å². The molecule has 1 atom stereocenters. The quantitative estimate of drug-likeness (QED) is 0.763. The Morgan fingerprint density at radius 1 is 1.50 bits per heavy atom. The molecular weight excluding hydrogens is 204 g/mol. The van der Waals surface area contributed by atoms with Crippen LogP contribution in [0.2, 0.25) is 0 Å². The molecule has 0 aliphatic carbocycles. The Hall–Kier alpha value is -1.75. The highest BCUT2D eigenvalue weighted by atomic mass is 16.1. The van der Waals surface area contributed by atoms with Crippen molar-refractivity contribution >= 4 is 11.3 Å². The number of ketones is 1. The van der Waals surface area contributed by atoms with E-state index < -0.39 is 0 Å². The number of hydrogen-bond acceptors (Lipinski definition) is 4. The van der Waals surface area contributed by atoms with Crippen LogP contribution in [0.3, 0.4) is 0 Å². The number of aromatic nitrogens is 3. The fourth-order valence-corrected chi connectivity index (χ4v) is 2.09. The van der Waals surface area contributed by atoms with Crippen molar-refractivity contribution in [2.45, 2.75) is 18.9 Å². The van der Waals surface area contributed by atoms with E-state index in [-0.39, 0.29) is 6.04 Å². The summed E-state index contributed by atoms with van der Waals surface area (Å²) in [6.07, 6.45) is 4.82. The Bertz CT molecular complexity index is 534. The topological polar surface area (TPSA) is 59.3 Å². The molecule has 1 aliphatic heterocycles. The SMILES string of the molecule is O=C1CCNC(c2ccn3nncc3c2)C1. The summed E-state index contributed by atoms with van der Waals surface area (Å²) in [6, 6.07) is 4.15. The van der Waals surface area contributed by atoms with Crippen molar-refractivity contribution in [2.75, 3.05) is 6.54 Å². The molecule has 2 aromatic heterocycles. The molecule has 16 heavy (non-hydrogen) atoms. The molecule has 0 amide bonds. The average molecular weight is 216 g/mol. The minimum Gasteiger partial charge on any atom is -0.309 e. The highest BCUT2D eigenvalue weighted by Crippen LogP contribution is 2.21. The van der Waals surface area contributed by atoms with Crippen molar-refractivity contribution in [3.8, 4) is 0 Å². The van der Waals surface area contributed by atoms with Gasteiger partial charge in [0.15, 0.2) is 0 Å². The lowest BCUT2D eigenvalue weighted by molar-refractivity contribution is -0.120. The Balaban J connectivity index is 1.95. The lowest BCUT2D eigenvalue weighted by atomic mass is 9.97. The number of pyridine rings is 1. The van der Waals surface area contributed by atoms with Crippen molar-refractivity contribution in [1.29, 1.82) is 0 Å². The van der Waals surface area contributed by atoms with Crippen LogP contribution in [0.15, 0.2) is 24.5 Å². The molecule has 2 aromatic rings. The summed E-state index contributed by atoms with van der Waals surface area (Å²) < 4.78 is 1.72. The van der Waals surface area contributed by atoms with Gasteiger partial charge in [-0.2, -0.15) is 0 Å². The lowest BCUT2D eigenvalue weighted by Gasteiger charge is -2.22. The fraction of sp³-hybridized carbons (Fsp3) is 0.364. The molecule has 82 valence electrons. The third-order valence-corrected chi connectivity index (χ3v) is 2.95. The number of carbonyl (C=O) groups is 1. The highest BCUT2D eigenvalue weighted by molar-refractivity contribution is 5.80. The van der Waals surface area contributed by atoms with Crippen LogP contribution in [0.1, 0.15) is 24.4 Å². The zero-order valence-electron chi connectivity index (χ0n) is 8.76. The van der Waals surface area contributed by atoms with Gasteiger partial charge in [-0.15, -0.1) is 5.10 Å². The fourth-order valence-electron chi connectivity index (χ4n) is 2.09. The predicted molar refractivity (Wildman–Crippen MR) is 58.0 cm³/mol. The maximum atomic E-state index is 11.4. The van der Waals surface area contributed by atoms with Crippen LogP contribution < -0.4 is 5.32 Å². The third kappa shape index (κ3) is 1.59. The molecule has 1 N–H and O–H groups in total. The molecule has 0 bridgehead atoms. The van der Waals surface area contributed by atoms with E-state index in [1.165, 1.54) is 0 Å². The molecule has 1 fully saturated rings. The summed E-state index contributed by atoms with van der Waals surface area (Å²) in [4.78, 5) is 11.4. The number of nitrogens with one attached hydrogen (secondary N) is 1. The van der Waals surface area contributed by atoms with Gasteiger partial charge in [0.2, 0.25) is 0 Å². The molecule has 0 radical (unpaired) electrons. The molecule has 3 heterocycles. The summed E-state index contributed by atoms with van der Waals surface area (Å²) in [6.45, 7) is 0.770. The number of carbonyl (C=O) groups excluding carboxylic acids is 1. The minimum absolute atomic E-state index is 0.140. The van der Waals surface area contributed by atoms with E-state index in [4.69, 9.17) is 0 Å². The second-order valence-corrected chi connectivity index (χ2v) is 4.06. The summed E-state index contributed by atoms with van der Waals surface area (Å²) in [5.74, 6) is 0.329. The summed E-state index contributed by atoms with van der Waals surface area (Å²) in [5.41, 5.74) is 2.08. The summed E-state index contributed by atoms with van der Waals surface area (Å²) >= 11 is 0. The van der Waals surface area contributed by atoms with E-state index in [2.05, 4.69) is 15.6 Å². The maximum Gasteiger partial charge on any atom is 0.136 e. The van der Waals surface area contributed by atoms with Gasteiger partial charge in [0.25, 0.3) is 0 Å². The van der Waals surface area contributed by atoms with Gasteiger partial charge in [0.05, 0.1) is 11.7 Å². The van der Waals surface area contributed by atoms with E-state index in [1.54, 1.807) is 10.7 Å². The van der Waals surface area contributed by atoms with Crippen molar-refractivity contribution in [3.63, 3.8) is 0 Å². The van der Waals surface area contributed by atoms with Crippen LogP contribution in [-0.4, -0.2) is 27.2 Å². The van der Waals surface area contributed by atoms with Crippen LogP contribution in [0.25, 0.3) is 5.52 Å². The van der Waals surface area contributed by atoms with Gasteiger partial charge < -0.3 is 5.32 Å². The first-order chi connectivity index (χ1) is 7.83. The smallest absolute Gasteiger partial charge is 0.136 e. The molecule has 5 nitrogen and oxygen atoms in total. The van der Waals surface area contributed by atoms with Crippen LogP contribution in [0, 0.1) is 0 Å². The van der Waals surface area contributed by atoms with Gasteiger partial charge in [0.1, 0.15) is 5.78 Å². The van der Waals surface area contributed by atoms with Gasteiger partial charge in [-0.25, -0.2) is 4.52 Å². The van der Waals surface area contributed by atoms with Gasteiger partial charge >= 0.3 is 0 Å². The van der Waals surface area contributed by atoms with E-state index in [9.17, 15) is 4.79 Å². The second-order valence-electron chi connectivity index (χ2n) is 4.06. The van der Waals surface area contributed by atoms with Crippen LogP contribution in [0.4, 0.5) is 0 Å². The largest absolute Gasteiger partial charge is 0.309 e. The molecule has 0 spiro atoms. The van der Waals surface area contributed by atoms with Crippen molar-refractivity contribution < 1.29 is 4.79 Å². The molecule has 1 aliphatic rings. The monoisotopic (exact) mass is 216 g/mol. The molecule has 1 unspecified atom stereocenters. The molecule has 0 aromatic carbocycles. The number of piperidine rings is 1. The van der Waals surface area contributed by atoms with Crippen LogP contribution >= 0.6 is 0 Å². The van der Waals surface area contributed by atoms with E-state index >= 15 is 0 Å².